The van der Waals surface area contributed by atoms with E-state index in [9.17, 15) is 0 Å². The summed E-state index contributed by atoms with van der Waals surface area (Å²) in [6.07, 6.45) is 2.54. The van der Waals surface area contributed by atoms with Crippen LogP contribution in [0.25, 0.3) is 0 Å². The normalized spacial score (nSPS) is 19.8. The Morgan fingerprint density at radius 2 is 2.00 bits per heavy atom. The van der Waals surface area contributed by atoms with E-state index in [0.29, 0.717) is 6.61 Å². The molecule has 3 N–H and O–H groups in total. The standard InChI is InChI=1S/C15H23ClN2O2/c1-2-20-15(7-9-19-10-8-15)14(18-17)11-12-3-5-13(16)6-4-12/h3-6,14,18H,2,7-11,17H2,1H3. The summed E-state index contributed by atoms with van der Waals surface area (Å²) in [5.74, 6) is 5.80. The number of ether oxygens (including phenoxy) is 2. The van der Waals surface area contributed by atoms with Crippen LogP contribution >= 0.6 is 11.6 Å². The molecule has 0 saturated carbocycles. The Bertz CT molecular complexity index is 399. The second kappa shape index (κ2) is 7.38. The molecule has 2 rings (SSSR count). The lowest BCUT2D eigenvalue weighted by Crippen LogP contribution is -2.58. The molecule has 4 nitrogen and oxygen atoms in total. The maximum atomic E-state index is 6.07. The van der Waals surface area contributed by atoms with Crippen molar-refractivity contribution in [1.29, 1.82) is 0 Å². The molecule has 5 heteroatoms. The highest BCUT2D eigenvalue weighted by Crippen LogP contribution is 2.30. The van der Waals surface area contributed by atoms with E-state index in [0.717, 1.165) is 37.5 Å². The molecule has 20 heavy (non-hydrogen) atoms. The molecule has 0 bridgehead atoms. The van der Waals surface area contributed by atoms with Crippen LogP contribution in [0.4, 0.5) is 0 Å². The first-order valence-corrected chi connectivity index (χ1v) is 7.50. The molecule has 1 aromatic carbocycles. The lowest BCUT2D eigenvalue weighted by Gasteiger charge is -2.42. The Labute approximate surface area is 125 Å². The summed E-state index contributed by atoms with van der Waals surface area (Å²) in [5.41, 5.74) is 3.90. The van der Waals surface area contributed by atoms with Crippen molar-refractivity contribution in [2.24, 2.45) is 5.84 Å². The number of rotatable bonds is 6. The molecule has 1 saturated heterocycles. The highest BCUT2D eigenvalue weighted by atomic mass is 35.5. The van der Waals surface area contributed by atoms with Crippen LogP contribution in [0.2, 0.25) is 5.02 Å². The first kappa shape index (κ1) is 15.7. The SMILES string of the molecule is CCOC1(C(Cc2ccc(Cl)cc2)NN)CCOCC1. The number of hydrogen-bond donors (Lipinski definition) is 2. The van der Waals surface area contributed by atoms with E-state index in [-0.39, 0.29) is 11.6 Å². The summed E-state index contributed by atoms with van der Waals surface area (Å²) in [5, 5.41) is 0.747. The summed E-state index contributed by atoms with van der Waals surface area (Å²) in [7, 11) is 0. The Balaban J connectivity index is 2.13. The number of halogens is 1. The zero-order valence-corrected chi connectivity index (χ0v) is 12.7. The molecule has 0 spiro atoms. The van der Waals surface area contributed by atoms with E-state index in [1.165, 1.54) is 5.56 Å². The van der Waals surface area contributed by atoms with Crippen molar-refractivity contribution >= 4 is 11.6 Å². The van der Waals surface area contributed by atoms with Gasteiger partial charge in [-0.25, -0.2) is 0 Å². The Morgan fingerprint density at radius 3 is 2.55 bits per heavy atom. The van der Waals surface area contributed by atoms with Gasteiger partial charge < -0.3 is 9.47 Å². The molecule has 1 fully saturated rings. The average molecular weight is 299 g/mol. The van der Waals surface area contributed by atoms with E-state index in [1.807, 2.05) is 31.2 Å². The van der Waals surface area contributed by atoms with Crippen LogP contribution in [-0.4, -0.2) is 31.5 Å². The van der Waals surface area contributed by atoms with Gasteiger partial charge in [-0.15, -0.1) is 0 Å². The Kier molecular flexibility index (Phi) is 5.81. The quantitative estimate of drug-likeness (QED) is 0.625. The molecule has 1 aliphatic rings. The number of hydrazine groups is 1. The van der Waals surface area contributed by atoms with Crippen LogP contribution in [0.3, 0.4) is 0 Å². The van der Waals surface area contributed by atoms with Gasteiger partial charge in [0.1, 0.15) is 0 Å². The number of nitrogens with one attached hydrogen (secondary N) is 1. The van der Waals surface area contributed by atoms with E-state index < -0.39 is 0 Å². The molecule has 112 valence electrons. The first-order valence-electron chi connectivity index (χ1n) is 7.12. The third-order valence-corrected chi connectivity index (χ3v) is 4.21. The van der Waals surface area contributed by atoms with Crippen molar-refractivity contribution in [3.63, 3.8) is 0 Å². The molecule has 1 aliphatic heterocycles. The highest BCUT2D eigenvalue weighted by Gasteiger charge is 2.40. The second-order valence-corrected chi connectivity index (χ2v) is 5.60. The zero-order chi connectivity index (χ0) is 14.4. The maximum Gasteiger partial charge on any atom is 0.0895 e. The minimum absolute atomic E-state index is 0.0625. The predicted octanol–water partition coefficient (Wildman–Crippen LogP) is 2.30. The number of hydrogen-bond acceptors (Lipinski definition) is 4. The van der Waals surface area contributed by atoms with Crippen molar-refractivity contribution in [3.8, 4) is 0 Å². The van der Waals surface area contributed by atoms with E-state index >= 15 is 0 Å². The Hall–Kier alpha value is -0.650. The summed E-state index contributed by atoms with van der Waals surface area (Å²) in [4.78, 5) is 0. The fraction of sp³-hybridized carbons (Fsp3) is 0.600. The van der Waals surface area contributed by atoms with Crippen molar-refractivity contribution < 1.29 is 9.47 Å². The molecule has 1 unspecified atom stereocenters. The van der Waals surface area contributed by atoms with Gasteiger partial charge in [-0.2, -0.15) is 0 Å². The number of nitrogens with two attached hydrogens (primary N) is 1. The molecule has 1 aromatic rings. The smallest absolute Gasteiger partial charge is 0.0895 e. The molecule has 0 amide bonds. The molecule has 0 aliphatic carbocycles. The number of benzene rings is 1. The van der Waals surface area contributed by atoms with Crippen molar-refractivity contribution in [2.75, 3.05) is 19.8 Å². The lowest BCUT2D eigenvalue weighted by atomic mass is 9.83. The second-order valence-electron chi connectivity index (χ2n) is 5.16. The van der Waals surface area contributed by atoms with Gasteiger partial charge in [0.2, 0.25) is 0 Å². The van der Waals surface area contributed by atoms with Gasteiger partial charge in [-0.1, -0.05) is 23.7 Å². The molecule has 0 aromatic heterocycles. The maximum absolute atomic E-state index is 6.07. The zero-order valence-electron chi connectivity index (χ0n) is 11.9. The van der Waals surface area contributed by atoms with Gasteiger partial charge in [-0.3, -0.25) is 11.3 Å². The van der Waals surface area contributed by atoms with Crippen molar-refractivity contribution in [2.45, 2.75) is 37.8 Å². The van der Waals surface area contributed by atoms with Gasteiger partial charge in [0.15, 0.2) is 0 Å². The van der Waals surface area contributed by atoms with Gasteiger partial charge in [0.25, 0.3) is 0 Å². The molecule has 0 radical (unpaired) electrons. The summed E-state index contributed by atoms with van der Waals surface area (Å²) < 4.78 is 11.5. The fourth-order valence-electron chi connectivity index (χ4n) is 2.85. The minimum atomic E-state index is -0.249. The van der Waals surface area contributed by atoms with Crippen LogP contribution in [-0.2, 0) is 15.9 Å². The summed E-state index contributed by atoms with van der Waals surface area (Å²) in [6.45, 7) is 4.14. The fourth-order valence-corrected chi connectivity index (χ4v) is 2.98. The van der Waals surface area contributed by atoms with E-state index in [4.69, 9.17) is 26.9 Å². The first-order chi connectivity index (χ1) is 9.70. The molecule has 1 atom stereocenters. The third kappa shape index (κ3) is 3.71. The predicted molar refractivity (Wildman–Crippen MR) is 80.7 cm³/mol. The van der Waals surface area contributed by atoms with Crippen LogP contribution in [0, 0.1) is 0 Å². The van der Waals surface area contributed by atoms with Gasteiger partial charge in [0, 0.05) is 37.7 Å². The summed E-state index contributed by atoms with van der Waals surface area (Å²) >= 11 is 5.93. The van der Waals surface area contributed by atoms with Crippen molar-refractivity contribution in [1.82, 2.24) is 5.43 Å². The third-order valence-electron chi connectivity index (χ3n) is 3.96. The van der Waals surface area contributed by atoms with Crippen molar-refractivity contribution in [3.05, 3.63) is 34.9 Å². The Morgan fingerprint density at radius 1 is 1.35 bits per heavy atom. The van der Waals surface area contributed by atoms with Crippen LogP contribution in [0.5, 0.6) is 0 Å². The molecular weight excluding hydrogens is 276 g/mol. The van der Waals surface area contributed by atoms with E-state index in [1.54, 1.807) is 0 Å². The lowest BCUT2D eigenvalue weighted by molar-refractivity contribution is -0.126. The van der Waals surface area contributed by atoms with Gasteiger partial charge in [-0.05, 0) is 31.0 Å². The van der Waals surface area contributed by atoms with Crippen LogP contribution in [0.15, 0.2) is 24.3 Å². The van der Waals surface area contributed by atoms with Crippen LogP contribution < -0.4 is 11.3 Å². The average Bonchev–Trinajstić information content (AvgIpc) is 2.48. The largest absolute Gasteiger partial charge is 0.381 e. The van der Waals surface area contributed by atoms with Gasteiger partial charge >= 0.3 is 0 Å². The summed E-state index contributed by atoms with van der Waals surface area (Å²) in [6, 6.07) is 7.94. The molecular formula is C15H23ClN2O2. The highest BCUT2D eigenvalue weighted by molar-refractivity contribution is 6.30. The minimum Gasteiger partial charge on any atom is -0.381 e. The molecule has 1 heterocycles. The topological polar surface area (TPSA) is 56.5 Å². The monoisotopic (exact) mass is 298 g/mol. The van der Waals surface area contributed by atoms with Gasteiger partial charge in [0.05, 0.1) is 11.6 Å². The van der Waals surface area contributed by atoms with E-state index in [2.05, 4.69) is 5.43 Å². The van der Waals surface area contributed by atoms with Crippen LogP contribution in [0.1, 0.15) is 25.3 Å².